The van der Waals surface area contributed by atoms with E-state index in [1.165, 1.54) is 32.9 Å². The maximum absolute atomic E-state index is 12.6. The second-order valence-electron chi connectivity index (χ2n) is 7.45. The summed E-state index contributed by atoms with van der Waals surface area (Å²) in [6.45, 7) is 7.45. The molecule has 162 valence electrons. The van der Waals surface area contributed by atoms with Gasteiger partial charge in [-0.15, -0.1) is 0 Å². The molecule has 1 aromatic carbocycles. The number of amides is 1. The number of fused-ring (bicyclic) bond motifs is 1. The molecule has 1 aromatic rings. The van der Waals surface area contributed by atoms with Crippen molar-refractivity contribution in [3.8, 4) is 5.75 Å². The summed E-state index contributed by atoms with van der Waals surface area (Å²) in [5.74, 6) is -2.36. The number of Topliss-reactive ketones (excluding diaryl/α,β-unsaturated/α-hetero) is 1. The van der Waals surface area contributed by atoms with Crippen molar-refractivity contribution in [1.29, 1.82) is 0 Å². The summed E-state index contributed by atoms with van der Waals surface area (Å²) in [5.41, 5.74) is -1.02. The number of hydrogen-bond donors (Lipinski definition) is 1. The highest BCUT2D eigenvalue weighted by atomic mass is 79.9. The molecule has 9 nitrogen and oxygen atoms in total. The number of nitro benzene ring substituents is 1. The van der Waals surface area contributed by atoms with Crippen LogP contribution in [-0.2, 0) is 19.1 Å². The number of carbonyl (C=O) groups is 3. The molecule has 0 saturated carbocycles. The minimum Gasteiger partial charge on any atom is -0.486 e. The van der Waals surface area contributed by atoms with Crippen molar-refractivity contribution in [3.05, 3.63) is 27.8 Å². The van der Waals surface area contributed by atoms with E-state index in [9.17, 15) is 24.5 Å². The number of ketones is 1. The van der Waals surface area contributed by atoms with Crippen LogP contribution >= 0.6 is 28.1 Å². The first-order valence-electron chi connectivity index (χ1n) is 8.94. The highest BCUT2D eigenvalue weighted by Crippen LogP contribution is 2.48. The van der Waals surface area contributed by atoms with Gasteiger partial charge in [0.2, 0.25) is 5.91 Å². The van der Waals surface area contributed by atoms with Gasteiger partial charge in [-0.1, -0.05) is 28.1 Å². The fourth-order valence-corrected chi connectivity index (χ4v) is 3.54. The number of thiocarbonyl (C=S) groups is 1. The monoisotopic (exact) mass is 500 g/mol. The average molecular weight is 501 g/mol. The van der Waals surface area contributed by atoms with Crippen LogP contribution in [-0.4, -0.2) is 37.9 Å². The molecular formula is C19H21BrN2O7S. The zero-order valence-electron chi connectivity index (χ0n) is 17.0. The third-order valence-electron chi connectivity index (χ3n) is 4.58. The summed E-state index contributed by atoms with van der Waals surface area (Å²) < 4.78 is 11.6. The molecule has 0 saturated heterocycles. The lowest BCUT2D eigenvalue weighted by Crippen LogP contribution is -2.47. The van der Waals surface area contributed by atoms with Gasteiger partial charge in [-0.25, -0.2) is 0 Å². The third-order valence-corrected chi connectivity index (χ3v) is 6.81. The molecule has 0 aliphatic carbocycles. The van der Waals surface area contributed by atoms with Crippen LogP contribution in [0.2, 0.25) is 0 Å². The second kappa shape index (κ2) is 8.76. The minimum absolute atomic E-state index is 0.0359. The molecule has 0 spiro atoms. The molecule has 0 unspecified atom stereocenters. The molecule has 1 aliphatic rings. The van der Waals surface area contributed by atoms with Crippen molar-refractivity contribution in [2.75, 3.05) is 5.32 Å². The smallest absolute Gasteiger partial charge is 0.314 e. The molecule has 1 heterocycles. The Balaban J connectivity index is 2.54. The number of benzene rings is 1. The van der Waals surface area contributed by atoms with Crippen LogP contribution < -0.4 is 10.1 Å². The van der Waals surface area contributed by atoms with E-state index in [0.29, 0.717) is 0 Å². The van der Waals surface area contributed by atoms with E-state index in [2.05, 4.69) is 21.2 Å². The molecule has 0 fully saturated rings. The second-order valence-corrected chi connectivity index (χ2v) is 8.88. The molecule has 1 N–H and O–H groups in total. The number of anilines is 1. The lowest BCUT2D eigenvalue weighted by molar-refractivity contribution is -0.384. The van der Waals surface area contributed by atoms with E-state index in [4.69, 9.17) is 21.7 Å². The zero-order valence-corrected chi connectivity index (χ0v) is 19.4. The van der Waals surface area contributed by atoms with Gasteiger partial charge in [-0.3, -0.25) is 24.5 Å². The summed E-state index contributed by atoms with van der Waals surface area (Å²) >= 11 is 8.46. The Bertz CT molecular complexity index is 947. The number of carbonyl (C=O) groups excluding carboxylic acids is 3. The minimum atomic E-state index is -0.960. The summed E-state index contributed by atoms with van der Waals surface area (Å²) in [5, 5.41) is 13.9. The number of nitro groups is 1. The third kappa shape index (κ3) is 4.84. The first-order chi connectivity index (χ1) is 13.8. The van der Waals surface area contributed by atoms with Crippen molar-refractivity contribution in [1.82, 2.24) is 0 Å². The van der Waals surface area contributed by atoms with Crippen LogP contribution in [0.1, 0.15) is 46.3 Å². The van der Waals surface area contributed by atoms with Crippen LogP contribution in [0.25, 0.3) is 0 Å². The van der Waals surface area contributed by atoms with Gasteiger partial charge < -0.3 is 14.8 Å². The summed E-state index contributed by atoms with van der Waals surface area (Å²) in [6.07, 6.45) is -0.960. The first-order valence-corrected chi connectivity index (χ1v) is 10.3. The van der Waals surface area contributed by atoms with Gasteiger partial charge in [0.25, 0.3) is 5.69 Å². The number of alkyl halides is 1. The number of nitrogens with one attached hydrogen (secondary N) is 1. The van der Waals surface area contributed by atoms with Crippen molar-refractivity contribution < 1.29 is 28.8 Å². The molecule has 2 rings (SSSR count). The number of hydrogen-bond acceptors (Lipinski definition) is 8. The Labute approximate surface area is 186 Å². The van der Waals surface area contributed by atoms with Gasteiger partial charge in [0.15, 0.2) is 5.78 Å². The van der Waals surface area contributed by atoms with Crippen molar-refractivity contribution in [2.24, 2.45) is 5.92 Å². The molecule has 1 aliphatic heterocycles. The average Bonchev–Trinajstić information content (AvgIpc) is 2.62. The van der Waals surface area contributed by atoms with Crippen LogP contribution in [0.15, 0.2) is 12.1 Å². The highest BCUT2D eigenvalue weighted by molar-refractivity contribution is 9.09. The van der Waals surface area contributed by atoms with Crippen LogP contribution in [0, 0.1) is 16.0 Å². The number of rotatable bonds is 6. The maximum atomic E-state index is 12.6. The highest BCUT2D eigenvalue weighted by Gasteiger charge is 2.46. The number of halogens is 1. The topological polar surface area (TPSA) is 125 Å². The van der Waals surface area contributed by atoms with Crippen LogP contribution in [0.4, 0.5) is 11.4 Å². The molecule has 3 atom stereocenters. The molecular weight excluding hydrogens is 480 g/mol. The molecule has 0 bridgehead atoms. The Hall–Kier alpha value is -2.40. The normalized spacial score (nSPS) is 20.2. The standard InChI is InChI=1S/C19H21BrN2O7S/c1-8(16(30)9(2)23)18(25)28-15-11-6-13(22(26)27)12(21-10(3)24)7-14(11)29-19(4,5)17(15)20/h6-8,15,17H,1-5H3,(H,21,24)/t8-,15+,17-/m1/s1. The van der Waals surface area contributed by atoms with E-state index in [0.717, 1.165) is 0 Å². The van der Waals surface area contributed by atoms with Gasteiger partial charge in [0.05, 0.1) is 20.5 Å². The van der Waals surface area contributed by atoms with E-state index >= 15 is 0 Å². The van der Waals surface area contributed by atoms with Crippen molar-refractivity contribution >= 4 is 62.0 Å². The fourth-order valence-electron chi connectivity index (χ4n) is 2.96. The van der Waals surface area contributed by atoms with E-state index in [-0.39, 0.29) is 27.6 Å². The van der Waals surface area contributed by atoms with Gasteiger partial charge in [-0.2, -0.15) is 0 Å². The fraction of sp³-hybridized carbons (Fsp3) is 0.474. The molecule has 1 amide bonds. The van der Waals surface area contributed by atoms with Crippen molar-refractivity contribution in [3.63, 3.8) is 0 Å². The number of esters is 1. The Morgan fingerprint density at radius 1 is 1.33 bits per heavy atom. The predicted molar refractivity (Wildman–Crippen MR) is 116 cm³/mol. The first kappa shape index (κ1) is 23.9. The van der Waals surface area contributed by atoms with Crippen LogP contribution in [0.5, 0.6) is 5.75 Å². The Morgan fingerprint density at radius 3 is 2.43 bits per heavy atom. The quantitative estimate of drug-likeness (QED) is 0.206. The molecule has 30 heavy (non-hydrogen) atoms. The predicted octanol–water partition coefficient (Wildman–Crippen LogP) is 3.67. The van der Waals surface area contributed by atoms with Crippen LogP contribution in [0.3, 0.4) is 0 Å². The Kier molecular flexibility index (Phi) is 6.97. The maximum Gasteiger partial charge on any atom is 0.314 e. The van der Waals surface area contributed by atoms with Crippen molar-refractivity contribution in [2.45, 2.75) is 51.2 Å². The zero-order chi connectivity index (χ0) is 23.0. The number of nitrogens with zero attached hydrogens (tertiary/aromatic N) is 1. The molecule has 0 radical (unpaired) electrons. The molecule has 0 aromatic heterocycles. The summed E-state index contributed by atoms with van der Waals surface area (Å²) in [4.78, 5) is 45.9. The van der Waals surface area contributed by atoms with Gasteiger partial charge in [0.1, 0.15) is 23.1 Å². The lowest BCUT2D eigenvalue weighted by Gasteiger charge is -2.41. The Morgan fingerprint density at radius 2 is 1.93 bits per heavy atom. The van der Waals surface area contributed by atoms with Gasteiger partial charge in [-0.05, 0) is 27.7 Å². The molecule has 11 heteroatoms. The van der Waals surface area contributed by atoms with Gasteiger partial charge >= 0.3 is 5.97 Å². The number of ether oxygens (including phenoxy) is 2. The summed E-state index contributed by atoms with van der Waals surface area (Å²) in [6, 6.07) is 2.54. The largest absolute Gasteiger partial charge is 0.486 e. The van der Waals surface area contributed by atoms with E-state index < -0.39 is 45.0 Å². The SMILES string of the molecule is CC(=O)Nc1cc2c(cc1[N+](=O)[O-])[C@H](OC(=O)[C@H](C)C(=S)C(C)=O)[C@@H](Br)C(C)(C)O2. The van der Waals surface area contributed by atoms with E-state index in [1.807, 2.05) is 0 Å². The van der Waals surface area contributed by atoms with E-state index in [1.54, 1.807) is 13.8 Å². The van der Waals surface area contributed by atoms with Gasteiger partial charge in [0, 0.05) is 24.6 Å². The lowest BCUT2D eigenvalue weighted by atomic mass is 9.90. The summed E-state index contributed by atoms with van der Waals surface area (Å²) in [7, 11) is 0.